The third-order valence-corrected chi connectivity index (χ3v) is 6.44. The van der Waals surface area contributed by atoms with E-state index in [-0.39, 0.29) is 22.4 Å². The van der Waals surface area contributed by atoms with E-state index in [0.29, 0.717) is 25.4 Å². The summed E-state index contributed by atoms with van der Waals surface area (Å²) in [5.74, 6) is 0.0434. The van der Waals surface area contributed by atoms with Gasteiger partial charge in [0.2, 0.25) is 10.0 Å². The lowest BCUT2D eigenvalue weighted by atomic mass is 10.1. The maximum Gasteiger partial charge on any atom is 0.255 e. The maximum atomic E-state index is 12.7. The zero-order valence-corrected chi connectivity index (χ0v) is 15.9. The summed E-state index contributed by atoms with van der Waals surface area (Å²) in [5.41, 5.74) is 0.237. The van der Waals surface area contributed by atoms with Gasteiger partial charge in [0, 0.05) is 25.7 Å². The topological polar surface area (TPSA) is 87.7 Å². The van der Waals surface area contributed by atoms with E-state index in [2.05, 4.69) is 10.6 Å². The summed E-state index contributed by atoms with van der Waals surface area (Å²) >= 11 is 0. The van der Waals surface area contributed by atoms with Crippen molar-refractivity contribution in [1.82, 2.24) is 14.9 Å². The molecule has 2 N–H and O–H groups in total. The van der Waals surface area contributed by atoms with Crippen LogP contribution in [-0.2, 0) is 10.0 Å². The highest BCUT2D eigenvalue weighted by atomic mass is 32.2. The molecule has 25 heavy (non-hydrogen) atoms. The molecule has 0 aromatic heterocycles. The van der Waals surface area contributed by atoms with E-state index in [1.165, 1.54) is 29.6 Å². The van der Waals surface area contributed by atoms with Gasteiger partial charge in [-0.15, -0.1) is 0 Å². The minimum Gasteiger partial charge on any atom is -0.496 e. The van der Waals surface area contributed by atoms with E-state index in [9.17, 15) is 13.2 Å². The van der Waals surface area contributed by atoms with Gasteiger partial charge in [0.05, 0.1) is 17.6 Å². The van der Waals surface area contributed by atoms with Gasteiger partial charge >= 0.3 is 0 Å². The monoisotopic (exact) mass is 369 g/mol. The van der Waals surface area contributed by atoms with Crippen LogP contribution >= 0.6 is 0 Å². The number of rotatable bonds is 7. The van der Waals surface area contributed by atoms with E-state index in [1.54, 1.807) is 13.8 Å². The Labute approximate surface area is 149 Å². The fourth-order valence-electron chi connectivity index (χ4n) is 2.98. The molecular formula is C17H27N3O4S. The summed E-state index contributed by atoms with van der Waals surface area (Å²) in [6.07, 6.45) is 1.90. The molecule has 140 valence electrons. The molecule has 7 nitrogen and oxygen atoms in total. The van der Waals surface area contributed by atoms with Crippen LogP contribution in [0.2, 0.25) is 0 Å². The first-order valence-corrected chi connectivity index (χ1v) is 10.1. The van der Waals surface area contributed by atoms with Gasteiger partial charge in [0.25, 0.3) is 5.91 Å². The van der Waals surface area contributed by atoms with E-state index in [1.807, 2.05) is 0 Å². The van der Waals surface area contributed by atoms with Crippen molar-refractivity contribution >= 4 is 15.9 Å². The first kappa shape index (κ1) is 19.7. The van der Waals surface area contributed by atoms with Crippen molar-refractivity contribution in [3.63, 3.8) is 0 Å². The minimum absolute atomic E-state index is 0.0361. The number of methoxy groups -OCH3 is 1. The predicted octanol–water partition coefficient (Wildman–Crippen LogP) is 1.21. The highest BCUT2D eigenvalue weighted by Crippen LogP contribution is 2.25. The van der Waals surface area contributed by atoms with E-state index in [0.717, 1.165) is 19.4 Å². The number of hydrogen-bond donors (Lipinski definition) is 2. The molecule has 1 aromatic carbocycles. The molecule has 0 saturated carbocycles. The van der Waals surface area contributed by atoms with Crippen molar-refractivity contribution in [2.75, 3.05) is 33.3 Å². The summed E-state index contributed by atoms with van der Waals surface area (Å²) in [6.45, 7) is 5.99. The molecule has 1 unspecified atom stereocenters. The molecule has 1 heterocycles. The van der Waals surface area contributed by atoms with Crippen LogP contribution in [0.15, 0.2) is 23.1 Å². The third kappa shape index (κ3) is 4.50. The van der Waals surface area contributed by atoms with Crippen LogP contribution in [0.1, 0.15) is 37.0 Å². The lowest BCUT2D eigenvalue weighted by molar-refractivity contribution is 0.0927. The smallest absolute Gasteiger partial charge is 0.255 e. The molecule has 0 spiro atoms. The molecule has 0 bridgehead atoms. The van der Waals surface area contributed by atoms with Crippen molar-refractivity contribution < 1.29 is 17.9 Å². The van der Waals surface area contributed by atoms with Gasteiger partial charge in [-0.3, -0.25) is 4.79 Å². The first-order valence-electron chi connectivity index (χ1n) is 8.63. The molecule has 1 aliphatic rings. The fourth-order valence-corrected chi connectivity index (χ4v) is 4.46. The van der Waals surface area contributed by atoms with Crippen LogP contribution in [-0.4, -0.2) is 58.0 Å². The SMILES string of the molecule is CCN(CC)S(=O)(=O)c1ccc(OC)c(C(=O)NC2CCCNC2)c1. The molecule has 0 aliphatic carbocycles. The second-order valence-corrected chi connectivity index (χ2v) is 7.91. The van der Waals surface area contributed by atoms with Crippen molar-refractivity contribution in [2.45, 2.75) is 37.6 Å². The van der Waals surface area contributed by atoms with Gasteiger partial charge in [0.15, 0.2) is 0 Å². The van der Waals surface area contributed by atoms with E-state index in [4.69, 9.17) is 4.74 Å². The summed E-state index contributed by atoms with van der Waals surface area (Å²) in [7, 11) is -2.16. The van der Waals surface area contributed by atoms with Crippen LogP contribution in [0.5, 0.6) is 5.75 Å². The summed E-state index contributed by atoms with van der Waals surface area (Å²) < 4.78 is 32.0. The number of nitrogens with zero attached hydrogens (tertiary/aromatic N) is 1. The van der Waals surface area contributed by atoms with Crippen LogP contribution in [0.3, 0.4) is 0 Å². The number of nitrogens with one attached hydrogen (secondary N) is 2. The quantitative estimate of drug-likeness (QED) is 0.754. The Morgan fingerprint density at radius 2 is 2.08 bits per heavy atom. The largest absolute Gasteiger partial charge is 0.496 e. The van der Waals surface area contributed by atoms with Crippen molar-refractivity contribution in [2.24, 2.45) is 0 Å². The van der Waals surface area contributed by atoms with Gasteiger partial charge in [-0.05, 0) is 37.6 Å². The Kier molecular flexibility index (Phi) is 6.80. The molecule has 0 radical (unpaired) electrons. The highest BCUT2D eigenvalue weighted by molar-refractivity contribution is 7.89. The number of ether oxygens (including phenoxy) is 1. The van der Waals surface area contributed by atoms with E-state index < -0.39 is 10.0 Å². The average Bonchev–Trinajstić information content (AvgIpc) is 2.62. The normalized spacial score (nSPS) is 18.2. The average molecular weight is 369 g/mol. The van der Waals surface area contributed by atoms with Crippen molar-refractivity contribution in [1.29, 1.82) is 0 Å². The molecule has 1 saturated heterocycles. The molecule has 1 aromatic rings. The van der Waals surface area contributed by atoms with Gasteiger partial charge in [-0.1, -0.05) is 13.8 Å². The second-order valence-electron chi connectivity index (χ2n) is 5.97. The summed E-state index contributed by atoms with van der Waals surface area (Å²) in [4.78, 5) is 12.8. The third-order valence-electron chi connectivity index (χ3n) is 4.39. The standard InChI is InChI=1S/C17H27N3O4S/c1-4-20(5-2)25(22,23)14-8-9-16(24-3)15(11-14)17(21)19-13-7-6-10-18-12-13/h8-9,11,13,18H,4-7,10,12H2,1-3H3,(H,19,21). The molecule has 2 rings (SSSR count). The molecule has 1 aliphatic heterocycles. The van der Waals surface area contributed by atoms with Gasteiger partial charge in [-0.2, -0.15) is 4.31 Å². The minimum atomic E-state index is -3.63. The van der Waals surface area contributed by atoms with Crippen LogP contribution in [0.4, 0.5) is 0 Å². The molecule has 8 heteroatoms. The number of amides is 1. The van der Waals surface area contributed by atoms with Crippen LogP contribution < -0.4 is 15.4 Å². The number of piperidine rings is 1. The highest BCUT2D eigenvalue weighted by Gasteiger charge is 2.25. The van der Waals surface area contributed by atoms with Crippen LogP contribution in [0, 0.1) is 0 Å². The number of hydrogen-bond acceptors (Lipinski definition) is 5. The number of benzene rings is 1. The second kappa shape index (κ2) is 8.64. The zero-order valence-electron chi connectivity index (χ0n) is 15.0. The Bertz CT molecular complexity index is 696. The lowest BCUT2D eigenvalue weighted by Crippen LogP contribution is -2.45. The Hall–Kier alpha value is -1.64. The van der Waals surface area contributed by atoms with Gasteiger partial charge < -0.3 is 15.4 Å². The van der Waals surface area contributed by atoms with E-state index >= 15 is 0 Å². The maximum absolute atomic E-state index is 12.7. The summed E-state index contributed by atoms with van der Waals surface area (Å²) in [6, 6.07) is 4.45. The fraction of sp³-hybridized carbons (Fsp3) is 0.588. The van der Waals surface area contributed by atoms with Crippen molar-refractivity contribution in [3.8, 4) is 5.75 Å². The first-order chi connectivity index (χ1) is 11.9. The molecular weight excluding hydrogens is 342 g/mol. The van der Waals surface area contributed by atoms with Crippen molar-refractivity contribution in [3.05, 3.63) is 23.8 Å². The van der Waals surface area contributed by atoms with Gasteiger partial charge in [-0.25, -0.2) is 8.42 Å². The molecule has 1 atom stereocenters. The number of carbonyl (C=O) groups is 1. The summed E-state index contributed by atoms with van der Waals surface area (Å²) in [5, 5.41) is 6.19. The zero-order chi connectivity index (χ0) is 18.4. The lowest BCUT2D eigenvalue weighted by Gasteiger charge is -2.24. The molecule has 1 fully saturated rings. The van der Waals surface area contributed by atoms with Crippen LogP contribution in [0.25, 0.3) is 0 Å². The predicted molar refractivity (Wildman–Crippen MR) is 96.5 cm³/mol. The number of carbonyl (C=O) groups excluding carboxylic acids is 1. The Morgan fingerprint density at radius 1 is 1.36 bits per heavy atom. The van der Waals surface area contributed by atoms with Gasteiger partial charge in [0.1, 0.15) is 5.75 Å². The number of sulfonamides is 1. The molecule has 1 amide bonds. The Balaban J connectivity index is 2.31. The Morgan fingerprint density at radius 3 is 2.64 bits per heavy atom.